The average molecular weight is 292 g/mol. The van der Waals surface area contributed by atoms with Gasteiger partial charge in [0, 0.05) is 38.1 Å². The zero-order valence-corrected chi connectivity index (χ0v) is 12.0. The molecule has 14 heavy (non-hydrogen) atoms. The first-order valence-corrected chi connectivity index (χ1v) is 4.53. The molecule has 1 aromatic heterocycles. The molecular formula is C8H13NO3SY. The van der Waals surface area contributed by atoms with Gasteiger partial charge >= 0.3 is 0 Å². The summed E-state index contributed by atoms with van der Waals surface area (Å²) < 4.78 is 0. The first-order chi connectivity index (χ1) is 5.83. The fraction of sp³-hybridized carbons (Fsp3) is 0.500. The SMILES string of the molecule is CC(C)(C)O.O=Cc1csc(O)n1.[Y]. The van der Waals surface area contributed by atoms with Crippen LogP contribution in [0.5, 0.6) is 5.19 Å². The van der Waals surface area contributed by atoms with Gasteiger partial charge in [0.15, 0.2) is 6.29 Å². The Kier molecular flexibility index (Phi) is 8.83. The number of aliphatic hydroxyl groups is 1. The second-order valence-electron chi connectivity index (χ2n) is 3.34. The maximum absolute atomic E-state index is 9.85. The third-order valence-corrected chi connectivity index (χ3v) is 1.29. The zero-order chi connectivity index (χ0) is 10.5. The monoisotopic (exact) mass is 292 g/mol. The number of aromatic hydroxyl groups is 1. The molecule has 1 rings (SSSR count). The average Bonchev–Trinajstić information content (AvgIpc) is 2.31. The van der Waals surface area contributed by atoms with Crippen LogP contribution < -0.4 is 0 Å². The van der Waals surface area contributed by atoms with Crippen LogP contribution in [-0.2, 0) is 32.7 Å². The number of hydrogen-bond donors (Lipinski definition) is 2. The van der Waals surface area contributed by atoms with E-state index in [4.69, 9.17) is 10.2 Å². The van der Waals surface area contributed by atoms with Crippen LogP contribution in [0, 0.1) is 0 Å². The van der Waals surface area contributed by atoms with Gasteiger partial charge < -0.3 is 10.2 Å². The molecule has 0 aliphatic carbocycles. The molecule has 0 unspecified atom stereocenters. The molecule has 0 saturated carbocycles. The molecule has 0 aromatic carbocycles. The molecule has 0 atom stereocenters. The Morgan fingerprint density at radius 2 is 1.93 bits per heavy atom. The summed E-state index contributed by atoms with van der Waals surface area (Å²) in [4.78, 5) is 13.3. The molecule has 6 heteroatoms. The van der Waals surface area contributed by atoms with Gasteiger partial charge in [-0.3, -0.25) is 4.79 Å². The summed E-state index contributed by atoms with van der Waals surface area (Å²) in [6, 6.07) is 0. The molecule has 2 N–H and O–H groups in total. The first kappa shape index (κ1) is 16.6. The van der Waals surface area contributed by atoms with Crippen LogP contribution in [0.1, 0.15) is 31.3 Å². The van der Waals surface area contributed by atoms with Gasteiger partial charge in [0.2, 0.25) is 0 Å². The minimum absolute atomic E-state index is 0. The van der Waals surface area contributed by atoms with Gasteiger partial charge in [0.05, 0.1) is 5.60 Å². The standard InChI is InChI=1S/C4H3NO2S.C4H10O.Y/c6-1-3-2-8-4(7)5-3;1-4(2,3)5;/h1-2H,(H,5,7);5H,1-3H3;. The minimum Gasteiger partial charge on any atom is -0.486 e. The minimum atomic E-state index is -0.500. The second-order valence-corrected chi connectivity index (χ2v) is 4.18. The maximum Gasteiger partial charge on any atom is 0.271 e. The van der Waals surface area contributed by atoms with Crippen molar-refractivity contribution in [1.29, 1.82) is 0 Å². The van der Waals surface area contributed by atoms with Gasteiger partial charge in [-0.15, -0.1) is 0 Å². The molecule has 1 radical (unpaired) electrons. The van der Waals surface area contributed by atoms with Crippen LogP contribution in [0.2, 0.25) is 0 Å². The summed E-state index contributed by atoms with van der Waals surface area (Å²) in [5, 5.41) is 18.5. The van der Waals surface area contributed by atoms with E-state index in [0.29, 0.717) is 6.29 Å². The van der Waals surface area contributed by atoms with E-state index in [1.807, 2.05) is 0 Å². The maximum atomic E-state index is 9.85. The molecule has 0 spiro atoms. The zero-order valence-electron chi connectivity index (χ0n) is 8.39. The first-order valence-electron chi connectivity index (χ1n) is 3.65. The number of carbonyl (C=O) groups is 1. The predicted octanol–water partition coefficient (Wildman–Crippen LogP) is 1.44. The summed E-state index contributed by atoms with van der Waals surface area (Å²) in [6.07, 6.45) is 0.593. The van der Waals surface area contributed by atoms with E-state index in [0.717, 1.165) is 11.3 Å². The van der Waals surface area contributed by atoms with Crippen molar-refractivity contribution in [2.45, 2.75) is 26.4 Å². The largest absolute Gasteiger partial charge is 0.486 e. The van der Waals surface area contributed by atoms with Gasteiger partial charge in [-0.25, -0.2) is 4.98 Å². The molecule has 1 heterocycles. The van der Waals surface area contributed by atoms with Gasteiger partial charge in [-0.05, 0) is 20.8 Å². The van der Waals surface area contributed by atoms with Crippen LogP contribution in [0.3, 0.4) is 0 Å². The van der Waals surface area contributed by atoms with E-state index in [1.165, 1.54) is 5.38 Å². The Labute approximate surface area is 112 Å². The van der Waals surface area contributed by atoms with Crippen molar-refractivity contribution in [3.05, 3.63) is 11.1 Å². The van der Waals surface area contributed by atoms with E-state index < -0.39 is 5.60 Å². The normalized spacial score (nSPS) is 9.43. The van der Waals surface area contributed by atoms with Crippen LogP contribution >= 0.6 is 11.3 Å². The van der Waals surface area contributed by atoms with Crippen molar-refractivity contribution in [2.75, 3.05) is 0 Å². The molecule has 0 amide bonds. The molecule has 4 nitrogen and oxygen atoms in total. The van der Waals surface area contributed by atoms with E-state index in [2.05, 4.69) is 4.98 Å². The van der Waals surface area contributed by atoms with Gasteiger partial charge in [-0.1, -0.05) is 11.3 Å². The second kappa shape index (κ2) is 7.45. The Morgan fingerprint density at radius 3 is 2.07 bits per heavy atom. The van der Waals surface area contributed by atoms with Crippen molar-refractivity contribution in [3.63, 3.8) is 0 Å². The van der Waals surface area contributed by atoms with Crippen molar-refractivity contribution >= 4 is 17.6 Å². The summed E-state index contributed by atoms with van der Waals surface area (Å²) in [6.45, 7) is 5.23. The van der Waals surface area contributed by atoms with Crippen LogP contribution in [0.4, 0.5) is 0 Å². The topological polar surface area (TPSA) is 70.4 Å². The van der Waals surface area contributed by atoms with E-state index >= 15 is 0 Å². The summed E-state index contributed by atoms with van der Waals surface area (Å²) in [5.74, 6) is 0. The number of aldehydes is 1. The molecule has 0 bridgehead atoms. The fourth-order valence-corrected chi connectivity index (χ4v) is 0.823. The van der Waals surface area contributed by atoms with Crippen LogP contribution in [-0.4, -0.2) is 27.1 Å². The molecule has 0 saturated heterocycles. The van der Waals surface area contributed by atoms with E-state index in [-0.39, 0.29) is 43.6 Å². The third-order valence-electron chi connectivity index (χ3n) is 0.631. The number of rotatable bonds is 1. The number of aromatic nitrogens is 1. The molecule has 77 valence electrons. The molecule has 0 aliphatic rings. The Hall–Kier alpha value is 0.164. The van der Waals surface area contributed by atoms with Crippen molar-refractivity contribution in [3.8, 4) is 5.19 Å². The van der Waals surface area contributed by atoms with E-state index in [9.17, 15) is 4.79 Å². The smallest absolute Gasteiger partial charge is 0.271 e. The molecule has 0 aliphatic heterocycles. The Morgan fingerprint density at radius 1 is 1.50 bits per heavy atom. The Bertz CT molecular complexity index is 264. The van der Waals surface area contributed by atoms with Crippen molar-refractivity contribution in [2.24, 2.45) is 0 Å². The molecule has 1 aromatic rings. The number of carbonyl (C=O) groups excluding carboxylic acids is 1. The number of hydrogen-bond acceptors (Lipinski definition) is 5. The summed E-state index contributed by atoms with van der Waals surface area (Å²) in [5.41, 5.74) is -0.215. The predicted molar refractivity (Wildman–Crippen MR) is 51.1 cm³/mol. The molecular weight excluding hydrogens is 279 g/mol. The van der Waals surface area contributed by atoms with Crippen molar-refractivity contribution < 1.29 is 47.7 Å². The summed E-state index contributed by atoms with van der Waals surface area (Å²) in [7, 11) is 0. The van der Waals surface area contributed by atoms with Crippen LogP contribution in [0.25, 0.3) is 0 Å². The number of thiazole rings is 1. The fourth-order valence-electron chi connectivity index (χ4n) is 0.330. The van der Waals surface area contributed by atoms with Gasteiger partial charge in [-0.2, -0.15) is 0 Å². The third kappa shape index (κ3) is 12.2. The molecule has 0 fully saturated rings. The van der Waals surface area contributed by atoms with Crippen molar-refractivity contribution in [1.82, 2.24) is 4.98 Å². The van der Waals surface area contributed by atoms with E-state index in [1.54, 1.807) is 20.8 Å². The quantitative estimate of drug-likeness (QED) is 0.768. The van der Waals surface area contributed by atoms with Crippen LogP contribution in [0.15, 0.2) is 5.38 Å². The Balaban J connectivity index is 0. The summed E-state index contributed by atoms with van der Waals surface area (Å²) >= 11 is 1.04. The van der Waals surface area contributed by atoms with Gasteiger partial charge in [0.25, 0.3) is 5.19 Å². The number of nitrogens with zero attached hydrogens (tertiary/aromatic N) is 1. The van der Waals surface area contributed by atoms with Gasteiger partial charge in [0.1, 0.15) is 5.69 Å².